The second kappa shape index (κ2) is 16.4. The average molecular weight is 581 g/mol. The van der Waals surface area contributed by atoms with Gasteiger partial charge in [0.15, 0.2) is 36.2 Å². The number of aromatic nitrogens is 3. The minimum Gasteiger partial charge on any atom is -0.493 e. The first kappa shape index (κ1) is 32.4. The van der Waals surface area contributed by atoms with Crippen LogP contribution in [0.15, 0.2) is 85.5 Å². The lowest BCUT2D eigenvalue weighted by Gasteiger charge is -2.20. The van der Waals surface area contributed by atoms with Crippen LogP contribution < -0.4 is 18.4 Å². The normalized spacial score (nSPS) is 11.4. The predicted molar refractivity (Wildman–Crippen MR) is 176 cm³/mol. The lowest BCUT2D eigenvalue weighted by atomic mass is 9.94. The Kier molecular flexibility index (Phi) is 12.3. The van der Waals surface area contributed by atoms with E-state index in [4.69, 9.17) is 4.74 Å². The zero-order chi connectivity index (χ0) is 30.6. The highest BCUT2D eigenvalue weighted by molar-refractivity contribution is 5.60. The largest absolute Gasteiger partial charge is 0.493 e. The number of hydrogen-bond acceptors (Lipinski definition) is 1. The molecule has 0 amide bonds. The van der Waals surface area contributed by atoms with E-state index in [1.165, 1.54) is 65.7 Å². The van der Waals surface area contributed by atoms with Crippen molar-refractivity contribution in [2.75, 3.05) is 6.61 Å². The molecule has 0 radical (unpaired) electrons. The standard InChI is InChI=1S/C39H54N3O/c1-31(2)37-17-14-18-38(32(3)4)39(37)43-30-12-10-8-7-9-11-23-40-24-19-35(20-25-40)36-21-26-41(27-22-36)28-29-42-33(5)15-13-16-34(42)6/h13-22,24-27,31-32H,7-12,23,28-30H2,1-6H3/q+3. The molecule has 0 fully saturated rings. The van der Waals surface area contributed by atoms with E-state index in [0.29, 0.717) is 11.8 Å². The van der Waals surface area contributed by atoms with E-state index in [1.807, 2.05) is 0 Å². The van der Waals surface area contributed by atoms with Crippen LogP contribution in [0.3, 0.4) is 0 Å². The van der Waals surface area contributed by atoms with E-state index in [0.717, 1.165) is 38.4 Å². The molecule has 228 valence electrons. The molecule has 0 saturated carbocycles. The molecule has 0 saturated heterocycles. The van der Waals surface area contributed by atoms with Gasteiger partial charge in [-0.05, 0) is 53.0 Å². The highest BCUT2D eigenvalue weighted by Crippen LogP contribution is 2.34. The van der Waals surface area contributed by atoms with Crippen LogP contribution in [0.1, 0.15) is 101 Å². The molecule has 0 unspecified atom stereocenters. The molecule has 0 N–H and O–H groups in total. The quantitative estimate of drug-likeness (QED) is 0.0967. The number of benzene rings is 1. The number of rotatable bonds is 16. The highest BCUT2D eigenvalue weighted by atomic mass is 16.5. The molecule has 4 nitrogen and oxygen atoms in total. The number of hydrogen-bond donors (Lipinski definition) is 0. The van der Waals surface area contributed by atoms with Gasteiger partial charge in [-0.1, -0.05) is 65.2 Å². The number of pyridine rings is 3. The molecule has 0 atom stereocenters. The lowest BCUT2D eigenvalue weighted by molar-refractivity contribution is -0.783. The molecule has 0 spiro atoms. The van der Waals surface area contributed by atoms with Crippen LogP contribution in [0.4, 0.5) is 0 Å². The van der Waals surface area contributed by atoms with Gasteiger partial charge in [0.05, 0.1) is 6.61 Å². The van der Waals surface area contributed by atoms with Crippen molar-refractivity contribution in [2.24, 2.45) is 0 Å². The fourth-order valence-corrected chi connectivity index (χ4v) is 5.88. The smallest absolute Gasteiger partial charge is 0.207 e. The third-order valence-corrected chi connectivity index (χ3v) is 8.60. The van der Waals surface area contributed by atoms with Gasteiger partial charge in [0.2, 0.25) is 13.1 Å². The van der Waals surface area contributed by atoms with E-state index in [2.05, 4.69) is 141 Å². The van der Waals surface area contributed by atoms with Crippen molar-refractivity contribution < 1.29 is 18.4 Å². The molecule has 4 heteroatoms. The Labute approximate surface area is 261 Å². The van der Waals surface area contributed by atoms with Crippen LogP contribution in [-0.2, 0) is 19.6 Å². The summed E-state index contributed by atoms with van der Waals surface area (Å²) in [7, 11) is 0. The van der Waals surface area contributed by atoms with Crippen LogP contribution in [0.25, 0.3) is 11.1 Å². The van der Waals surface area contributed by atoms with Crippen molar-refractivity contribution in [1.82, 2.24) is 0 Å². The Hall–Kier alpha value is -3.53. The van der Waals surface area contributed by atoms with Crippen LogP contribution in [0.2, 0.25) is 0 Å². The van der Waals surface area contributed by atoms with Gasteiger partial charge in [-0.2, -0.15) is 9.13 Å². The zero-order valence-electron chi connectivity index (χ0n) is 27.6. The van der Waals surface area contributed by atoms with Gasteiger partial charge in [-0.15, -0.1) is 0 Å². The molecule has 0 aliphatic carbocycles. The monoisotopic (exact) mass is 580 g/mol. The summed E-state index contributed by atoms with van der Waals surface area (Å²) in [5, 5.41) is 0. The average Bonchev–Trinajstić information content (AvgIpc) is 3.00. The third-order valence-electron chi connectivity index (χ3n) is 8.60. The number of unbranched alkanes of at least 4 members (excludes halogenated alkanes) is 5. The van der Waals surface area contributed by atoms with Gasteiger partial charge in [0.25, 0.3) is 0 Å². The summed E-state index contributed by atoms with van der Waals surface area (Å²) in [5.41, 5.74) is 7.83. The Morgan fingerprint density at radius 2 is 1.00 bits per heavy atom. The summed E-state index contributed by atoms with van der Waals surface area (Å²) < 4.78 is 13.3. The van der Waals surface area contributed by atoms with E-state index >= 15 is 0 Å². The number of para-hydroxylation sites is 1. The van der Waals surface area contributed by atoms with Crippen molar-refractivity contribution in [2.45, 2.75) is 112 Å². The third kappa shape index (κ3) is 9.48. The second-order valence-corrected chi connectivity index (χ2v) is 12.7. The fraction of sp³-hybridized carbons (Fsp3) is 0.462. The van der Waals surface area contributed by atoms with Gasteiger partial charge in [-0.3, -0.25) is 0 Å². The van der Waals surface area contributed by atoms with Gasteiger partial charge < -0.3 is 4.74 Å². The Balaban J connectivity index is 1.12. The minimum absolute atomic E-state index is 0.483. The molecule has 1 aromatic carbocycles. The van der Waals surface area contributed by atoms with Crippen LogP contribution in [0.5, 0.6) is 5.75 Å². The van der Waals surface area contributed by atoms with Gasteiger partial charge in [0, 0.05) is 56.7 Å². The Bertz CT molecular complexity index is 1360. The zero-order valence-corrected chi connectivity index (χ0v) is 27.6. The fourth-order valence-electron chi connectivity index (χ4n) is 5.88. The number of nitrogens with zero attached hydrogens (tertiary/aromatic N) is 3. The summed E-state index contributed by atoms with van der Waals surface area (Å²) in [6, 6.07) is 22.1. The first-order valence-electron chi connectivity index (χ1n) is 16.5. The molecule has 43 heavy (non-hydrogen) atoms. The summed E-state index contributed by atoms with van der Waals surface area (Å²) in [4.78, 5) is 0. The van der Waals surface area contributed by atoms with E-state index in [-0.39, 0.29) is 0 Å². The summed E-state index contributed by atoms with van der Waals surface area (Å²) in [6.45, 7) is 17.2. The first-order valence-corrected chi connectivity index (χ1v) is 16.5. The van der Waals surface area contributed by atoms with Crippen LogP contribution in [-0.4, -0.2) is 6.61 Å². The van der Waals surface area contributed by atoms with Gasteiger partial charge in [-0.25, -0.2) is 4.57 Å². The minimum atomic E-state index is 0.483. The van der Waals surface area contributed by atoms with Crippen molar-refractivity contribution in [1.29, 1.82) is 0 Å². The molecule has 3 aromatic heterocycles. The molecule has 0 aliphatic rings. The maximum Gasteiger partial charge on any atom is 0.207 e. The second-order valence-electron chi connectivity index (χ2n) is 12.7. The number of aryl methyl sites for hydroxylation is 4. The maximum absolute atomic E-state index is 6.35. The molecule has 0 bridgehead atoms. The van der Waals surface area contributed by atoms with E-state index < -0.39 is 0 Å². The molecule has 4 aromatic rings. The predicted octanol–water partition coefficient (Wildman–Crippen LogP) is 8.20. The lowest BCUT2D eigenvalue weighted by Crippen LogP contribution is -2.47. The van der Waals surface area contributed by atoms with Crippen molar-refractivity contribution >= 4 is 0 Å². The first-order chi connectivity index (χ1) is 20.8. The Morgan fingerprint density at radius 1 is 0.535 bits per heavy atom. The SMILES string of the molecule is Cc1cccc(C)[n+]1CC[n+]1ccc(-c2cc[n+](CCCCCCCCOc3c(C(C)C)cccc3C(C)C)cc2)cc1. The van der Waals surface area contributed by atoms with Crippen LogP contribution >= 0.6 is 0 Å². The highest BCUT2D eigenvalue weighted by Gasteiger charge is 2.15. The van der Waals surface area contributed by atoms with Gasteiger partial charge in [0.1, 0.15) is 12.3 Å². The number of ether oxygens (including phenoxy) is 1. The van der Waals surface area contributed by atoms with Gasteiger partial charge >= 0.3 is 0 Å². The Morgan fingerprint density at radius 3 is 1.53 bits per heavy atom. The van der Waals surface area contributed by atoms with Crippen molar-refractivity contribution in [3.63, 3.8) is 0 Å². The van der Waals surface area contributed by atoms with Crippen LogP contribution in [0, 0.1) is 13.8 Å². The topological polar surface area (TPSA) is 20.9 Å². The molecule has 4 rings (SSSR count). The summed E-state index contributed by atoms with van der Waals surface area (Å²) in [5.74, 6) is 2.10. The molecule has 0 aliphatic heterocycles. The molecular formula is C39H54N3O+3. The van der Waals surface area contributed by atoms with E-state index in [9.17, 15) is 0 Å². The maximum atomic E-state index is 6.35. The van der Waals surface area contributed by atoms with Crippen molar-refractivity contribution in [3.8, 4) is 16.9 Å². The molecule has 3 heterocycles. The summed E-state index contributed by atoms with van der Waals surface area (Å²) in [6.07, 6.45) is 16.3. The van der Waals surface area contributed by atoms with Crippen molar-refractivity contribution in [3.05, 3.63) is 108 Å². The molecular weight excluding hydrogens is 526 g/mol. The summed E-state index contributed by atoms with van der Waals surface area (Å²) >= 11 is 0. The van der Waals surface area contributed by atoms with E-state index in [1.54, 1.807) is 0 Å².